The first-order valence-electron chi connectivity index (χ1n) is 8.33. The Kier molecular flexibility index (Phi) is 6.26. The Labute approximate surface area is 161 Å². The van der Waals surface area contributed by atoms with Crippen LogP contribution in [0.1, 0.15) is 17.7 Å². The molecule has 0 radical (unpaired) electrons. The Hall–Kier alpha value is -2.37. The van der Waals surface area contributed by atoms with E-state index < -0.39 is 0 Å². The molecule has 26 heavy (non-hydrogen) atoms. The zero-order valence-electron chi connectivity index (χ0n) is 14.4. The minimum atomic E-state index is -0.0620. The molecule has 1 heterocycles. The number of halogens is 1. The zero-order valence-corrected chi connectivity index (χ0v) is 15.9. The summed E-state index contributed by atoms with van der Waals surface area (Å²) in [7, 11) is 0. The van der Waals surface area contributed by atoms with Crippen molar-refractivity contribution >= 4 is 34.0 Å². The van der Waals surface area contributed by atoms with E-state index in [-0.39, 0.29) is 5.91 Å². The molecule has 0 spiro atoms. The van der Waals surface area contributed by atoms with Crippen LogP contribution in [0.15, 0.2) is 54.6 Å². The Morgan fingerprint density at radius 1 is 1.19 bits per heavy atom. The third kappa shape index (κ3) is 5.07. The van der Waals surface area contributed by atoms with Gasteiger partial charge in [0, 0.05) is 21.9 Å². The van der Waals surface area contributed by atoms with Crippen molar-refractivity contribution in [3.8, 4) is 17.0 Å². The van der Waals surface area contributed by atoms with Gasteiger partial charge in [-0.1, -0.05) is 41.9 Å². The van der Waals surface area contributed by atoms with E-state index in [1.54, 1.807) is 0 Å². The smallest absolute Gasteiger partial charge is 0.226 e. The number of hydrogen-bond acceptors (Lipinski definition) is 4. The van der Waals surface area contributed by atoms with E-state index in [1.807, 2.05) is 61.5 Å². The van der Waals surface area contributed by atoms with Crippen molar-refractivity contribution in [3.05, 3.63) is 64.5 Å². The molecule has 6 heteroatoms. The average molecular weight is 387 g/mol. The molecule has 2 aromatic carbocycles. The molecule has 3 rings (SSSR count). The number of ether oxygens (including phenoxy) is 1. The first kappa shape index (κ1) is 18.4. The fourth-order valence-electron chi connectivity index (χ4n) is 2.47. The quantitative estimate of drug-likeness (QED) is 0.540. The van der Waals surface area contributed by atoms with E-state index >= 15 is 0 Å². The van der Waals surface area contributed by atoms with Gasteiger partial charge in [0.25, 0.3) is 0 Å². The first-order valence-corrected chi connectivity index (χ1v) is 9.52. The molecule has 134 valence electrons. The van der Waals surface area contributed by atoms with Gasteiger partial charge in [0.05, 0.1) is 12.3 Å². The second kappa shape index (κ2) is 8.83. The van der Waals surface area contributed by atoms with Gasteiger partial charge in [-0.15, -0.1) is 11.3 Å². The van der Waals surface area contributed by atoms with E-state index in [0.717, 1.165) is 21.9 Å². The van der Waals surface area contributed by atoms with Crippen LogP contribution in [0.5, 0.6) is 5.75 Å². The van der Waals surface area contributed by atoms with Crippen LogP contribution in [0.4, 0.5) is 5.13 Å². The number of aromatic nitrogens is 1. The molecule has 4 nitrogen and oxygen atoms in total. The summed E-state index contributed by atoms with van der Waals surface area (Å²) in [5, 5.41) is 4.13. The largest absolute Gasteiger partial charge is 0.494 e. The molecule has 0 fully saturated rings. The fourth-order valence-corrected chi connectivity index (χ4v) is 3.52. The van der Waals surface area contributed by atoms with E-state index in [4.69, 9.17) is 16.3 Å². The van der Waals surface area contributed by atoms with Crippen molar-refractivity contribution in [2.45, 2.75) is 19.8 Å². The SMILES string of the molecule is Cc1sc(NC(=O)CCCOc2ccccc2)nc1-c1cccc(Cl)c1. The van der Waals surface area contributed by atoms with Crippen molar-refractivity contribution in [2.24, 2.45) is 0 Å². The van der Waals surface area contributed by atoms with Crippen molar-refractivity contribution in [1.82, 2.24) is 4.98 Å². The highest BCUT2D eigenvalue weighted by atomic mass is 35.5. The summed E-state index contributed by atoms with van der Waals surface area (Å²) in [5.74, 6) is 0.752. The van der Waals surface area contributed by atoms with Crippen LogP contribution in [-0.4, -0.2) is 17.5 Å². The van der Waals surface area contributed by atoms with Gasteiger partial charge in [0.15, 0.2) is 5.13 Å². The summed E-state index contributed by atoms with van der Waals surface area (Å²) in [6.07, 6.45) is 1.03. The van der Waals surface area contributed by atoms with Gasteiger partial charge in [-0.25, -0.2) is 4.98 Å². The van der Waals surface area contributed by atoms with Gasteiger partial charge in [-0.05, 0) is 37.6 Å². The maximum Gasteiger partial charge on any atom is 0.226 e. The second-order valence-corrected chi connectivity index (χ2v) is 7.39. The fraction of sp³-hybridized carbons (Fsp3) is 0.200. The number of nitrogens with one attached hydrogen (secondary N) is 1. The van der Waals surface area contributed by atoms with Crippen LogP contribution in [0.2, 0.25) is 5.02 Å². The van der Waals surface area contributed by atoms with Crippen LogP contribution >= 0.6 is 22.9 Å². The summed E-state index contributed by atoms with van der Waals surface area (Å²) >= 11 is 7.51. The molecule has 0 atom stereocenters. The molecule has 0 unspecified atom stereocenters. The predicted octanol–water partition coefficient (Wildman–Crippen LogP) is 5.57. The van der Waals surface area contributed by atoms with Crippen molar-refractivity contribution in [1.29, 1.82) is 0 Å². The summed E-state index contributed by atoms with van der Waals surface area (Å²) in [5.41, 5.74) is 1.79. The highest BCUT2D eigenvalue weighted by molar-refractivity contribution is 7.16. The molecular weight excluding hydrogens is 368 g/mol. The predicted molar refractivity (Wildman–Crippen MR) is 107 cm³/mol. The number of anilines is 1. The average Bonchev–Trinajstić information content (AvgIpc) is 3.00. The van der Waals surface area contributed by atoms with Gasteiger partial charge < -0.3 is 10.1 Å². The number of para-hydroxylation sites is 1. The lowest BCUT2D eigenvalue weighted by Gasteiger charge is -2.05. The third-order valence-corrected chi connectivity index (χ3v) is 4.82. The number of hydrogen-bond donors (Lipinski definition) is 1. The lowest BCUT2D eigenvalue weighted by molar-refractivity contribution is -0.116. The Bertz CT molecular complexity index is 881. The van der Waals surface area contributed by atoms with E-state index in [2.05, 4.69) is 10.3 Å². The topological polar surface area (TPSA) is 51.2 Å². The standard InChI is InChI=1S/C20H19ClN2O2S/c1-14-19(15-7-5-8-16(21)13-15)23-20(26-14)22-18(24)11-6-12-25-17-9-3-2-4-10-17/h2-5,7-10,13H,6,11-12H2,1H3,(H,22,23,24). The summed E-state index contributed by atoms with van der Waals surface area (Å²) < 4.78 is 5.59. The molecular formula is C20H19ClN2O2S. The Morgan fingerprint density at radius 3 is 2.77 bits per heavy atom. The number of amides is 1. The van der Waals surface area contributed by atoms with Gasteiger partial charge >= 0.3 is 0 Å². The monoisotopic (exact) mass is 386 g/mol. The molecule has 0 saturated heterocycles. The molecule has 1 amide bonds. The zero-order chi connectivity index (χ0) is 18.4. The normalized spacial score (nSPS) is 10.5. The van der Waals surface area contributed by atoms with E-state index in [1.165, 1.54) is 11.3 Å². The number of benzene rings is 2. The molecule has 1 aromatic heterocycles. The minimum absolute atomic E-state index is 0.0620. The molecule has 0 aliphatic carbocycles. The van der Waals surface area contributed by atoms with Crippen LogP contribution < -0.4 is 10.1 Å². The van der Waals surface area contributed by atoms with Crippen LogP contribution in [0.3, 0.4) is 0 Å². The number of aryl methyl sites for hydroxylation is 1. The second-order valence-electron chi connectivity index (χ2n) is 5.75. The molecule has 0 aliphatic rings. The molecule has 0 saturated carbocycles. The lowest BCUT2D eigenvalue weighted by atomic mass is 10.1. The molecule has 1 N–H and O–H groups in total. The van der Waals surface area contributed by atoms with Crippen molar-refractivity contribution in [2.75, 3.05) is 11.9 Å². The van der Waals surface area contributed by atoms with E-state index in [0.29, 0.717) is 29.6 Å². The summed E-state index contributed by atoms with van der Waals surface area (Å²) in [6.45, 7) is 2.49. The highest BCUT2D eigenvalue weighted by Crippen LogP contribution is 2.31. The van der Waals surface area contributed by atoms with Crippen LogP contribution in [0, 0.1) is 6.92 Å². The number of carbonyl (C=O) groups excluding carboxylic acids is 1. The Balaban J connectivity index is 1.51. The lowest BCUT2D eigenvalue weighted by Crippen LogP contribution is -2.12. The van der Waals surface area contributed by atoms with Gasteiger partial charge in [-0.3, -0.25) is 4.79 Å². The highest BCUT2D eigenvalue weighted by Gasteiger charge is 2.12. The number of rotatable bonds is 7. The molecule has 3 aromatic rings. The molecule has 0 aliphatic heterocycles. The van der Waals surface area contributed by atoms with Crippen LogP contribution in [0.25, 0.3) is 11.3 Å². The van der Waals surface area contributed by atoms with Crippen molar-refractivity contribution < 1.29 is 9.53 Å². The van der Waals surface area contributed by atoms with E-state index in [9.17, 15) is 4.79 Å². The van der Waals surface area contributed by atoms with Gasteiger partial charge in [-0.2, -0.15) is 0 Å². The Morgan fingerprint density at radius 2 is 2.00 bits per heavy atom. The van der Waals surface area contributed by atoms with Gasteiger partial charge in [0.2, 0.25) is 5.91 Å². The maximum absolute atomic E-state index is 12.1. The third-order valence-electron chi connectivity index (χ3n) is 3.70. The van der Waals surface area contributed by atoms with Gasteiger partial charge in [0.1, 0.15) is 5.75 Å². The number of thiazole rings is 1. The summed E-state index contributed by atoms with van der Waals surface area (Å²) in [6, 6.07) is 17.1. The summed E-state index contributed by atoms with van der Waals surface area (Å²) in [4.78, 5) is 17.7. The minimum Gasteiger partial charge on any atom is -0.494 e. The molecule has 0 bridgehead atoms. The number of nitrogens with zero attached hydrogens (tertiary/aromatic N) is 1. The number of carbonyl (C=O) groups is 1. The van der Waals surface area contributed by atoms with Crippen molar-refractivity contribution in [3.63, 3.8) is 0 Å². The maximum atomic E-state index is 12.1. The first-order chi connectivity index (χ1) is 12.6. The van der Waals surface area contributed by atoms with Crippen LogP contribution in [-0.2, 0) is 4.79 Å².